The zero-order chi connectivity index (χ0) is 13.7. The lowest BCUT2D eigenvalue weighted by atomic mass is 10.2. The van der Waals surface area contributed by atoms with Crippen LogP contribution in [0.3, 0.4) is 0 Å². The lowest BCUT2D eigenvalue weighted by Gasteiger charge is -2.02. The van der Waals surface area contributed by atoms with Crippen molar-refractivity contribution in [3.63, 3.8) is 0 Å². The van der Waals surface area contributed by atoms with Crippen LogP contribution in [-0.2, 0) is 0 Å². The van der Waals surface area contributed by atoms with Crippen molar-refractivity contribution in [2.45, 2.75) is 0 Å². The third-order valence-corrected chi connectivity index (χ3v) is 2.46. The van der Waals surface area contributed by atoms with E-state index in [0.29, 0.717) is 5.56 Å². The number of nitrogens with zero attached hydrogens (tertiary/aromatic N) is 1. The standard InChI is InChI=1S/C14H12N2O3/c17-12-7-3-1-5-10(12)9-15-16-14(19)11-6-2-4-8-13(11)18/h1-9,17-18H,(H,16,19). The number of carbonyl (C=O) groups excluding carboxylic acids is 1. The molecule has 0 aliphatic rings. The van der Waals surface area contributed by atoms with Gasteiger partial charge in [0.2, 0.25) is 0 Å². The third kappa shape index (κ3) is 3.10. The van der Waals surface area contributed by atoms with Gasteiger partial charge in [0, 0.05) is 5.56 Å². The Kier molecular flexibility index (Phi) is 3.78. The van der Waals surface area contributed by atoms with E-state index in [-0.39, 0.29) is 17.1 Å². The molecule has 2 rings (SSSR count). The molecular formula is C14H12N2O3. The molecule has 0 bridgehead atoms. The molecule has 0 unspecified atom stereocenters. The van der Waals surface area contributed by atoms with E-state index in [1.54, 1.807) is 30.3 Å². The summed E-state index contributed by atoms with van der Waals surface area (Å²) in [5.41, 5.74) is 2.90. The zero-order valence-electron chi connectivity index (χ0n) is 9.95. The van der Waals surface area contributed by atoms with Gasteiger partial charge in [-0.3, -0.25) is 4.79 Å². The molecule has 96 valence electrons. The van der Waals surface area contributed by atoms with Gasteiger partial charge in [-0.2, -0.15) is 5.10 Å². The Balaban J connectivity index is 2.06. The fraction of sp³-hybridized carbons (Fsp3) is 0. The summed E-state index contributed by atoms with van der Waals surface area (Å²) in [4.78, 5) is 11.7. The van der Waals surface area contributed by atoms with E-state index in [1.165, 1.54) is 24.4 Å². The number of benzene rings is 2. The smallest absolute Gasteiger partial charge is 0.275 e. The van der Waals surface area contributed by atoms with Gasteiger partial charge >= 0.3 is 0 Å². The Morgan fingerprint density at radius 2 is 1.63 bits per heavy atom. The summed E-state index contributed by atoms with van der Waals surface area (Å²) in [5.74, 6) is -0.564. The SMILES string of the molecule is O=C(NN=Cc1ccccc1O)c1ccccc1O. The molecule has 0 aliphatic carbocycles. The Bertz CT molecular complexity index is 624. The van der Waals surface area contributed by atoms with Crippen molar-refractivity contribution in [1.82, 2.24) is 5.43 Å². The number of amides is 1. The van der Waals surface area contributed by atoms with Gasteiger partial charge in [-0.15, -0.1) is 0 Å². The average Bonchev–Trinajstić information content (AvgIpc) is 2.41. The van der Waals surface area contributed by atoms with E-state index >= 15 is 0 Å². The second-order valence-corrected chi connectivity index (χ2v) is 3.78. The Morgan fingerprint density at radius 3 is 2.32 bits per heavy atom. The molecule has 5 nitrogen and oxygen atoms in total. The Labute approximate surface area is 109 Å². The summed E-state index contributed by atoms with van der Waals surface area (Å²) in [6.45, 7) is 0. The van der Waals surface area contributed by atoms with Crippen LogP contribution in [0.5, 0.6) is 11.5 Å². The van der Waals surface area contributed by atoms with Crippen LogP contribution in [-0.4, -0.2) is 22.3 Å². The largest absolute Gasteiger partial charge is 0.507 e. The van der Waals surface area contributed by atoms with Crippen molar-refractivity contribution in [2.24, 2.45) is 5.10 Å². The highest BCUT2D eigenvalue weighted by molar-refractivity contribution is 5.97. The fourth-order valence-electron chi connectivity index (χ4n) is 1.48. The summed E-state index contributed by atoms with van der Waals surface area (Å²) in [6, 6.07) is 12.8. The molecule has 0 radical (unpaired) electrons. The number of rotatable bonds is 3. The van der Waals surface area contributed by atoms with Crippen LogP contribution >= 0.6 is 0 Å². The number of para-hydroxylation sites is 2. The number of carbonyl (C=O) groups is 1. The number of phenolic OH excluding ortho intramolecular Hbond substituents is 2. The summed E-state index contributed by atoms with van der Waals surface area (Å²) >= 11 is 0. The van der Waals surface area contributed by atoms with E-state index in [2.05, 4.69) is 10.5 Å². The van der Waals surface area contributed by atoms with Crippen LogP contribution in [0, 0.1) is 0 Å². The molecule has 0 aliphatic heterocycles. The quantitative estimate of drug-likeness (QED) is 0.579. The molecule has 2 aromatic carbocycles. The first-order valence-electron chi connectivity index (χ1n) is 5.58. The first-order chi connectivity index (χ1) is 9.18. The van der Waals surface area contributed by atoms with Crippen LogP contribution in [0.15, 0.2) is 53.6 Å². The second kappa shape index (κ2) is 5.68. The van der Waals surface area contributed by atoms with Crippen LogP contribution in [0.4, 0.5) is 0 Å². The molecular weight excluding hydrogens is 244 g/mol. The van der Waals surface area contributed by atoms with Crippen molar-refractivity contribution < 1.29 is 15.0 Å². The molecule has 0 spiro atoms. The minimum atomic E-state index is -0.523. The van der Waals surface area contributed by atoms with E-state index in [1.807, 2.05) is 0 Å². The second-order valence-electron chi connectivity index (χ2n) is 3.78. The highest BCUT2D eigenvalue weighted by atomic mass is 16.3. The van der Waals surface area contributed by atoms with E-state index in [0.717, 1.165) is 0 Å². The monoisotopic (exact) mass is 256 g/mol. The van der Waals surface area contributed by atoms with Crippen molar-refractivity contribution in [3.8, 4) is 11.5 Å². The molecule has 5 heteroatoms. The molecule has 0 heterocycles. The molecule has 0 aromatic heterocycles. The number of hydrogen-bond acceptors (Lipinski definition) is 4. The van der Waals surface area contributed by atoms with E-state index < -0.39 is 5.91 Å². The van der Waals surface area contributed by atoms with Crippen molar-refractivity contribution in [1.29, 1.82) is 0 Å². The van der Waals surface area contributed by atoms with Gasteiger partial charge in [0.05, 0.1) is 11.8 Å². The Hall–Kier alpha value is -2.82. The lowest BCUT2D eigenvalue weighted by Crippen LogP contribution is -2.17. The van der Waals surface area contributed by atoms with Crippen LogP contribution < -0.4 is 5.43 Å². The third-order valence-electron chi connectivity index (χ3n) is 2.46. The highest BCUT2D eigenvalue weighted by Gasteiger charge is 2.08. The maximum atomic E-state index is 11.7. The number of hydrogen-bond donors (Lipinski definition) is 3. The molecule has 0 atom stereocenters. The topological polar surface area (TPSA) is 81.9 Å². The molecule has 0 saturated carbocycles. The van der Waals surface area contributed by atoms with Gasteiger partial charge in [-0.25, -0.2) is 5.43 Å². The fourth-order valence-corrected chi connectivity index (χ4v) is 1.48. The number of hydrazone groups is 1. The normalized spacial score (nSPS) is 10.5. The molecule has 1 amide bonds. The highest BCUT2D eigenvalue weighted by Crippen LogP contribution is 2.15. The van der Waals surface area contributed by atoms with Crippen molar-refractivity contribution in [3.05, 3.63) is 59.7 Å². The van der Waals surface area contributed by atoms with E-state index in [4.69, 9.17) is 0 Å². The van der Waals surface area contributed by atoms with Gasteiger partial charge in [-0.05, 0) is 24.3 Å². The lowest BCUT2D eigenvalue weighted by molar-refractivity contribution is 0.0952. The first-order valence-corrected chi connectivity index (χ1v) is 5.58. The maximum Gasteiger partial charge on any atom is 0.275 e. The van der Waals surface area contributed by atoms with Crippen molar-refractivity contribution in [2.75, 3.05) is 0 Å². The predicted molar refractivity (Wildman–Crippen MR) is 71.3 cm³/mol. The van der Waals surface area contributed by atoms with Crippen LogP contribution in [0.1, 0.15) is 15.9 Å². The molecule has 3 N–H and O–H groups in total. The number of aromatic hydroxyl groups is 2. The summed E-state index contributed by atoms with van der Waals surface area (Å²) in [7, 11) is 0. The van der Waals surface area contributed by atoms with Gasteiger partial charge in [-0.1, -0.05) is 24.3 Å². The number of nitrogens with one attached hydrogen (secondary N) is 1. The van der Waals surface area contributed by atoms with Crippen molar-refractivity contribution >= 4 is 12.1 Å². The Morgan fingerprint density at radius 1 is 1.00 bits per heavy atom. The minimum Gasteiger partial charge on any atom is -0.507 e. The first kappa shape index (κ1) is 12.6. The summed E-state index contributed by atoms with van der Waals surface area (Å²) in [5, 5.41) is 22.7. The van der Waals surface area contributed by atoms with Crippen LogP contribution in [0.25, 0.3) is 0 Å². The van der Waals surface area contributed by atoms with Gasteiger partial charge in [0.15, 0.2) is 0 Å². The van der Waals surface area contributed by atoms with Gasteiger partial charge < -0.3 is 10.2 Å². The minimum absolute atomic E-state index is 0.0723. The molecule has 19 heavy (non-hydrogen) atoms. The molecule has 2 aromatic rings. The number of phenols is 2. The summed E-state index contributed by atoms with van der Waals surface area (Å²) in [6.07, 6.45) is 1.33. The maximum absolute atomic E-state index is 11.7. The van der Waals surface area contributed by atoms with Crippen LogP contribution in [0.2, 0.25) is 0 Å². The van der Waals surface area contributed by atoms with Gasteiger partial charge in [0.1, 0.15) is 11.5 Å². The predicted octanol–water partition coefficient (Wildman–Crippen LogP) is 1.86. The zero-order valence-corrected chi connectivity index (χ0v) is 9.95. The average molecular weight is 256 g/mol. The molecule has 0 saturated heterocycles. The summed E-state index contributed by atoms with van der Waals surface area (Å²) < 4.78 is 0. The molecule has 0 fully saturated rings. The van der Waals surface area contributed by atoms with Gasteiger partial charge in [0.25, 0.3) is 5.91 Å². The van der Waals surface area contributed by atoms with E-state index in [9.17, 15) is 15.0 Å².